The van der Waals surface area contributed by atoms with E-state index in [0.717, 1.165) is 5.56 Å². The van der Waals surface area contributed by atoms with Crippen LogP contribution >= 0.6 is 12.4 Å². The van der Waals surface area contributed by atoms with Crippen molar-refractivity contribution in [3.63, 3.8) is 0 Å². The highest BCUT2D eigenvalue weighted by atomic mass is 35.5. The summed E-state index contributed by atoms with van der Waals surface area (Å²) in [7, 11) is 0.0192. The lowest BCUT2D eigenvalue weighted by Gasteiger charge is -2.33. The van der Waals surface area contributed by atoms with E-state index in [1.807, 2.05) is 6.07 Å². The second-order valence-electron chi connectivity index (χ2n) is 6.22. The number of carbonyl (C=O) groups excluding carboxylic acids is 1. The molecule has 1 heterocycles. The minimum atomic E-state index is -3.11. The molecule has 1 aliphatic rings. The Balaban J connectivity index is 0.00000364. The summed E-state index contributed by atoms with van der Waals surface area (Å²) in [6.45, 7) is 3.59. The molecule has 1 amide bonds. The second-order valence-corrected chi connectivity index (χ2v) is 8.20. The molecule has 0 bridgehead atoms. The first kappa shape index (κ1) is 23.5. The highest BCUT2D eigenvalue weighted by molar-refractivity contribution is 7.88. The van der Waals surface area contributed by atoms with Gasteiger partial charge in [-0.1, -0.05) is 6.07 Å². The van der Waals surface area contributed by atoms with E-state index in [9.17, 15) is 13.2 Å². The van der Waals surface area contributed by atoms with E-state index in [1.54, 1.807) is 26.4 Å². The Labute approximate surface area is 167 Å². The fourth-order valence-corrected chi connectivity index (χ4v) is 3.70. The molecule has 1 aliphatic heterocycles. The number of rotatable bonds is 8. The Hall–Kier alpha value is -1.55. The zero-order chi connectivity index (χ0) is 19.2. The first-order valence-corrected chi connectivity index (χ1v) is 10.3. The van der Waals surface area contributed by atoms with Crippen LogP contribution < -0.4 is 14.8 Å². The molecule has 2 rings (SSSR count). The van der Waals surface area contributed by atoms with Crippen LogP contribution in [0.4, 0.5) is 0 Å². The van der Waals surface area contributed by atoms with Crippen molar-refractivity contribution in [2.45, 2.75) is 6.42 Å². The van der Waals surface area contributed by atoms with Gasteiger partial charge in [-0.3, -0.25) is 9.69 Å². The number of methoxy groups -OCH3 is 2. The van der Waals surface area contributed by atoms with Gasteiger partial charge in [0.25, 0.3) is 0 Å². The Morgan fingerprint density at radius 3 is 2.30 bits per heavy atom. The van der Waals surface area contributed by atoms with E-state index in [1.165, 1.54) is 10.6 Å². The van der Waals surface area contributed by atoms with Crippen LogP contribution in [0, 0.1) is 0 Å². The van der Waals surface area contributed by atoms with Crippen LogP contribution in [0.1, 0.15) is 5.56 Å². The van der Waals surface area contributed by atoms with Crippen LogP contribution in [-0.4, -0.2) is 83.3 Å². The number of sulfonamides is 1. The first-order valence-electron chi connectivity index (χ1n) is 8.48. The van der Waals surface area contributed by atoms with Gasteiger partial charge in [0.05, 0.1) is 26.9 Å². The van der Waals surface area contributed by atoms with Crippen LogP contribution in [0.25, 0.3) is 0 Å². The van der Waals surface area contributed by atoms with Gasteiger partial charge < -0.3 is 14.8 Å². The average Bonchev–Trinajstić information content (AvgIpc) is 2.61. The molecule has 1 aromatic carbocycles. The summed E-state index contributed by atoms with van der Waals surface area (Å²) in [6.07, 6.45) is 1.50. The molecule has 0 saturated carbocycles. The fraction of sp³-hybridized carbons (Fsp3) is 0.588. The number of piperazine rings is 1. The largest absolute Gasteiger partial charge is 0.493 e. The van der Waals surface area contributed by atoms with E-state index in [2.05, 4.69) is 10.2 Å². The van der Waals surface area contributed by atoms with Gasteiger partial charge in [-0.2, -0.15) is 4.31 Å². The second kappa shape index (κ2) is 10.7. The van der Waals surface area contributed by atoms with Crippen LogP contribution in [-0.2, 0) is 21.2 Å². The maximum atomic E-state index is 12.1. The monoisotopic (exact) mass is 421 g/mol. The lowest BCUT2D eigenvalue weighted by molar-refractivity contribution is -0.120. The lowest BCUT2D eigenvalue weighted by Crippen LogP contribution is -2.49. The Kier molecular flexibility index (Phi) is 9.31. The number of nitrogens with one attached hydrogen (secondary N) is 1. The molecule has 1 saturated heterocycles. The Morgan fingerprint density at radius 1 is 1.11 bits per heavy atom. The average molecular weight is 422 g/mol. The number of ether oxygens (including phenoxy) is 2. The maximum Gasteiger partial charge on any atom is 0.224 e. The first-order chi connectivity index (χ1) is 12.3. The summed E-state index contributed by atoms with van der Waals surface area (Å²) >= 11 is 0. The Bertz CT molecular complexity index is 721. The molecule has 1 N–H and O–H groups in total. The fourth-order valence-electron chi connectivity index (χ4n) is 2.88. The molecule has 27 heavy (non-hydrogen) atoms. The minimum Gasteiger partial charge on any atom is -0.493 e. The van der Waals surface area contributed by atoms with Crippen molar-refractivity contribution >= 4 is 28.3 Å². The molecule has 0 aliphatic carbocycles. The number of carbonyl (C=O) groups is 1. The highest BCUT2D eigenvalue weighted by Crippen LogP contribution is 2.27. The predicted octanol–water partition coefficient (Wildman–Crippen LogP) is 0.362. The van der Waals surface area contributed by atoms with Crippen molar-refractivity contribution in [3.8, 4) is 11.5 Å². The van der Waals surface area contributed by atoms with E-state index in [0.29, 0.717) is 50.8 Å². The third-order valence-electron chi connectivity index (χ3n) is 4.36. The molecule has 154 valence electrons. The number of amides is 1. The zero-order valence-corrected chi connectivity index (χ0v) is 17.6. The number of halogens is 1. The molecule has 0 aromatic heterocycles. The zero-order valence-electron chi connectivity index (χ0n) is 15.9. The molecule has 8 nitrogen and oxygen atoms in total. The van der Waals surface area contributed by atoms with Gasteiger partial charge in [0.15, 0.2) is 11.5 Å². The molecule has 10 heteroatoms. The van der Waals surface area contributed by atoms with Crippen LogP contribution in [0.15, 0.2) is 18.2 Å². The van der Waals surface area contributed by atoms with Gasteiger partial charge in [-0.15, -0.1) is 12.4 Å². The van der Waals surface area contributed by atoms with Crippen molar-refractivity contribution in [2.24, 2.45) is 0 Å². The molecule has 0 spiro atoms. The summed E-state index contributed by atoms with van der Waals surface area (Å²) in [5.41, 5.74) is 0.849. The standard InChI is InChI=1S/C17H27N3O5S.ClH/c1-24-15-5-4-14(12-16(15)25-2)13-17(21)18-6-7-19-8-10-20(11-9-19)26(3,22)23;/h4-5,12H,6-11,13H2,1-3H3,(H,18,21);1H. The molecule has 0 atom stereocenters. The van der Waals surface area contributed by atoms with Crippen molar-refractivity contribution in [1.29, 1.82) is 0 Å². The van der Waals surface area contributed by atoms with Gasteiger partial charge in [0, 0.05) is 39.3 Å². The third-order valence-corrected chi connectivity index (χ3v) is 5.67. The number of nitrogens with zero attached hydrogens (tertiary/aromatic N) is 2. The summed E-state index contributed by atoms with van der Waals surface area (Å²) in [5, 5.41) is 2.90. The molecular formula is C17H28ClN3O5S. The van der Waals surface area contributed by atoms with Crippen LogP contribution in [0.5, 0.6) is 11.5 Å². The van der Waals surface area contributed by atoms with Crippen molar-refractivity contribution < 1.29 is 22.7 Å². The SMILES string of the molecule is COc1ccc(CC(=O)NCCN2CCN(S(C)(=O)=O)CC2)cc1OC.Cl. The van der Waals surface area contributed by atoms with Gasteiger partial charge in [0.1, 0.15) is 0 Å². The topological polar surface area (TPSA) is 88.2 Å². The summed E-state index contributed by atoms with van der Waals surface area (Å²) < 4.78 is 34.9. The van der Waals surface area contributed by atoms with Gasteiger partial charge in [-0.05, 0) is 17.7 Å². The van der Waals surface area contributed by atoms with Crippen molar-refractivity contribution in [1.82, 2.24) is 14.5 Å². The predicted molar refractivity (Wildman–Crippen MR) is 106 cm³/mol. The Morgan fingerprint density at radius 2 is 1.74 bits per heavy atom. The van der Waals surface area contributed by atoms with E-state index in [-0.39, 0.29) is 24.7 Å². The summed E-state index contributed by atoms with van der Waals surface area (Å²) in [6, 6.07) is 5.41. The molecule has 0 radical (unpaired) electrons. The smallest absolute Gasteiger partial charge is 0.224 e. The van der Waals surface area contributed by atoms with Crippen molar-refractivity contribution in [2.75, 3.05) is 59.7 Å². The normalized spacial score (nSPS) is 15.7. The van der Waals surface area contributed by atoms with Gasteiger partial charge >= 0.3 is 0 Å². The lowest BCUT2D eigenvalue weighted by atomic mass is 10.1. The quantitative estimate of drug-likeness (QED) is 0.652. The molecule has 1 fully saturated rings. The summed E-state index contributed by atoms with van der Waals surface area (Å²) in [5.74, 6) is 1.17. The van der Waals surface area contributed by atoms with Crippen LogP contribution in [0.2, 0.25) is 0 Å². The number of hydrogen-bond acceptors (Lipinski definition) is 6. The van der Waals surface area contributed by atoms with Gasteiger partial charge in [-0.25, -0.2) is 8.42 Å². The van der Waals surface area contributed by atoms with E-state index >= 15 is 0 Å². The molecule has 0 unspecified atom stereocenters. The molecule has 1 aromatic rings. The van der Waals surface area contributed by atoms with Gasteiger partial charge in [0.2, 0.25) is 15.9 Å². The minimum absolute atomic E-state index is 0. The van der Waals surface area contributed by atoms with E-state index in [4.69, 9.17) is 9.47 Å². The molecular weight excluding hydrogens is 394 g/mol. The third kappa shape index (κ3) is 7.17. The maximum absolute atomic E-state index is 12.1. The highest BCUT2D eigenvalue weighted by Gasteiger charge is 2.22. The van der Waals surface area contributed by atoms with E-state index < -0.39 is 10.0 Å². The van der Waals surface area contributed by atoms with Crippen molar-refractivity contribution in [3.05, 3.63) is 23.8 Å². The van der Waals surface area contributed by atoms with Crippen LogP contribution in [0.3, 0.4) is 0 Å². The number of benzene rings is 1. The number of hydrogen-bond donors (Lipinski definition) is 1. The summed E-state index contributed by atoms with van der Waals surface area (Å²) in [4.78, 5) is 14.3.